The summed E-state index contributed by atoms with van der Waals surface area (Å²) < 4.78 is 6.46. The topological polar surface area (TPSA) is 73.2 Å². The maximum atomic E-state index is 12.6. The van der Waals surface area contributed by atoms with Crippen molar-refractivity contribution in [2.45, 2.75) is 19.9 Å². The van der Waals surface area contributed by atoms with Gasteiger partial charge in [0, 0.05) is 28.0 Å². The predicted octanol–water partition coefficient (Wildman–Crippen LogP) is 3.77. The fourth-order valence-corrected chi connectivity index (χ4v) is 2.94. The van der Waals surface area contributed by atoms with Gasteiger partial charge in [0.25, 0.3) is 5.56 Å². The van der Waals surface area contributed by atoms with E-state index in [1.165, 1.54) is 10.6 Å². The summed E-state index contributed by atoms with van der Waals surface area (Å²) >= 11 is 6.09. The second-order valence-electron chi connectivity index (χ2n) is 6.14. The van der Waals surface area contributed by atoms with Crippen LogP contribution in [-0.2, 0) is 17.8 Å². The van der Waals surface area contributed by atoms with Crippen molar-refractivity contribution in [1.29, 1.82) is 0 Å². The summed E-state index contributed by atoms with van der Waals surface area (Å²) in [7, 11) is 1.57. The minimum atomic E-state index is -0.332. The van der Waals surface area contributed by atoms with Crippen LogP contribution in [0.5, 0.6) is 5.75 Å². The Hall–Kier alpha value is -3.12. The smallest absolute Gasteiger partial charge is 0.254 e. The molecule has 7 heteroatoms. The van der Waals surface area contributed by atoms with Crippen molar-refractivity contribution in [3.05, 3.63) is 75.7 Å². The van der Waals surface area contributed by atoms with Crippen LogP contribution < -0.4 is 15.6 Å². The predicted molar refractivity (Wildman–Crippen MR) is 110 cm³/mol. The number of carbonyl (C=O) groups is 1. The first-order valence-electron chi connectivity index (χ1n) is 8.80. The van der Waals surface area contributed by atoms with Gasteiger partial charge in [-0.3, -0.25) is 14.2 Å². The molecule has 1 heterocycles. The molecule has 1 N–H and O–H groups in total. The van der Waals surface area contributed by atoms with Gasteiger partial charge in [-0.15, -0.1) is 0 Å². The number of ether oxygens (including phenoxy) is 1. The molecule has 144 valence electrons. The summed E-state index contributed by atoms with van der Waals surface area (Å²) in [6.45, 7) is 1.76. The molecule has 2 aromatic carbocycles. The Morgan fingerprint density at radius 2 is 1.93 bits per heavy atom. The van der Waals surface area contributed by atoms with E-state index in [2.05, 4.69) is 10.3 Å². The van der Waals surface area contributed by atoms with Gasteiger partial charge in [0.2, 0.25) is 5.91 Å². The third kappa shape index (κ3) is 4.58. The van der Waals surface area contributed by atoms with Gasteiger partial charge >= 0.3 is 0 Å². The molecule has 0 saturated heterocycles. The molecule has 0 saturated carbocycles. The Morgan fingerprint density at radius 3 is 2.57 bits per heavy atom. The van der Waals surface area contributed by atoms with E-state index in [4.69, 9.17) is 16.3 Å². The maximum Gasteiger partial charge on any atom is 0.254 e. The van der Waals surface area contributed by atoms with E-state index in [0.717, 1.165) is 0 Å². The summed E-state index contributed by atoms with van der Waals surface area (Å²) in [4.78, 5) is 29.7. The van der Waals surface area contributed by atoms with Gasteiger partial charge in [-0.05, 0) is 42.8 Å². The molecule has 0 aliphatic rings. The van der Waals surface area contributed by atoms with E-state index in [1.807, 2.05) is 13.0 Å². The highest BCUT2D eigenvalue weighted by atomic mass is 35.5. The lowest BCUT2D eigenvalue weighted by Crippen LogP contribution is -2.30. The van der Waals surface area contributed by atoms with Crippen LogP contribution in [0.1, 0.15) is 12.6 Å². The normalized spacial score (nSPS) is 10.5. The molecule has 28 heavy (non-hydrogen) atoms. The SMILES string of the molecule is CCc1cc(=O)n(CC(=O)Nc2ccc(OC)cc2)c(-c2cccc(Cl)c2)n1. The second kappa shape index (κ2) is 8.71. The Bertz CT molecular complexity index is 1050. The lowest BCUT2D eigenvalue weighted by Gasteiger charge is -2.14. The fourth-order valence-electron chi connectivity index (χ4n) is 2.75. The van der Waals surface area contributed by atoms with Crippen LogP contribution in [0.2, 0.25) is 5.02 Å². The largest absolute Gasteiger partial charge is 0.497 e. The van der Waals surface area contributed by atoms with Gasteiger partial charge in [-0.1, -0.05) is 30.7 Å². The van der Waals surface area contributed by atoms with Gasteiger partial charge < -0.3 is 10.1 Å². The van der Waals surface area contributed by atoms with Gasteiger partial charge in [0.15, 0.2) is 0 Å². The molecule has 1 aromatic heterocycles. The Morgan fingerprint density at radius 1 is 1.18 bits per heavy atom. The molecule has 0 aliphatic heterocycles. The first-order valence-corrected chi connectivity index (χ1v) is 9.18. The molecule has 0 spiro atoms. The molecular weight excluding hydrogens is 378 g/mol. The number of halogens is 1. The highest BCUT2D eigenvalue weighted by Gasteiger charge is 2.14. The van der Waals surface area contributed by atoms with Crippen molar-refractivity contribution < 1.29 is 9.53 Å². The number of aromatic nitrogens is 2. The highest BCUT2D eigenvalue weighted by molar-refractivity contribution is 6.30. The van der Waals surface area contributed by atoms with Crippen LogP contribution in [0.25, 0.3) is 11.4 Å². The van der Waals surface area contributed by atoms with Gasteiger partial charge in [-0.2, -0.15) is 0 Å². The summed E-state index contributed by atoms with van der Waals surface area (Å²) in [6, 6.07) is 15.5. The summed E-state index contributed by atoms with van der Waals surface area (Å²) in [5.74, 6) is 0.773. The molecule has 3 rings (SSSR count). The molecule has 6 nitrogen and oxygen atoms in total. The monoisotopic (exact) mass is 397 g/mol. The van der Waals surface area contributed by atoms with E-state index in [0.29, 0.717) is 40.0 Å². The zero-order valence-corrected chi connectivity index (χ0v) is 16.4. The minimum Gasteiger partial charge on any atom is -0.497 e. The first kappa shape index (κ1) is 19.6. The van der Waals surface area contributed by atoms with Crippen LogP contribution in [-0.4, -0.2) is 22.6 Å². The van der Waals surface area contributed by atoms with Crippen LogP contribution in [0.3, 0.4) is 0 Å². The van der Waals surface area contributed by atoms with E-state index < -0.39 is 0 Å². The number of nitrogens with zero attached hydrogens (tertiary/aromatic N) is 2. The van der Waals surface area contributed by atoms with Crippen molar-refractivity contribution in [2.24, 2.45) is 0 Å². The quantitative estimate of drug-likeness (QED) is 0.687. The molecule has 0 radical (unpaired) electrons. The lowest BCUT2D eigenvalue weighted by atomic mass is 10.2. The van der Waals surface area contributed by atoms with E-state index >= 15 is 0 Å². The van der Waals surface area contributed by atoms with Gasteiger partial charge in [0.05, 0.1) is 7.11 Å². The van der Waals surface area contributed by atoms with Crippen molar-refractivity contribution >= 4 is 23.2 Å². The van der Waals surface area contributed by atoms with E-state index in [9.17, 15) is 9.59 Å². The Labute approximate surface area is 167 Å². The number of anilines is 1. The van der Waals surface area contributed by atoms with Gasteiger partial charge in [-0.25, -0.2) is 4.98 Å². The van der Waals surface area contributed by atoms with Crippen LogP contribution in [0.15, 0.2) is 59.4 Å². The average Bonchev–Trinajstić information content (AvgIpc) is 2.69. The zero-order chi connectivity index (χ0) is 20.1. The summed E-state index contributed by atoms with van der Waals surface area (Å²) in [6.07, 6.45) is 0.613. The van der Waals surface area contributed by atoms with Crippen LogP contribution in [0.4, 0.5) is 5.69 Å². The van der Waals surface area contributed by atoms with E-state index in [-0.39, 0.29) is 18.0 Å². The van der Waals surface area contributed by atoms with Crippen LogP contribution >= 0.6 is 11.6 Å². The fraction of sp³-hybridized carbons (Fsp3) is 0.190. The Balaban J connectivity index is 1.91. The molecule has 0 unspecified atom stereocenters. The number of nitrogens with one attached hydrogen (secondary N) is 1. The number of hydrogen-bond acceptors (Lipinski definition) is 4. The Kier molecular flexibility index (Phi) is 6.11. The number of rotatable bonds is 6. The number of methoxy groups -OCH3 is 1. The summed E-state index contributed by atoms with van der Waals surface area (Å²) in [5.41, 5.74) is 1.66. The second-order valence-corrected chi connectivity index (χ2v) is 6.57. The third-order valence-electron chi connectivity index (χ3n) is 4.18. The molecule has 0 aliphatic carbocycles. The number of hydrogen-bond donors (Lipinski definition) is 1. The maximum absolute atomic E-state index is 12.6. The summed E-state index contributed by atoms with van der Waals surface area (Å²) in [5, 5.41) is 3.31. The minimum absolute atomic E-state index is 0.163. The molecule has 3 aromatic rings. The molecule has 0 bridgehead atoms. The molecule has 1 amide bonds. The van der Waals surface area contributed by atoms with Crippen molar-refractivity contribution in [1.82, 2.24) is 9.55 Å². The van der Waals surface area contributed by atoms with Gasteiger partial charge in [0.1, 0.15) is 18.1 Å². The molecule has 0 fully saturated rings. The molecular formula is C21H20ClN3O3. The third-order valence-corrected chi connectivity index (χ3v) is 4.42. The first-order chi connectivity index (χ1) is 13.5. The van der Waals surface area contributed by atoms with Crippen molar-refractivity contribution in [3.8, 4) is 17.1 Å². The lowest BCUT2D eigenvalue weighted by molar-refractivity contribution is -0.116. The zero-order valence-electron chi connectivity index (χ0n) is 15.6. The van der Waals surface area contributed by atoms with Crippen molar-refractivity contribution in [3.63, 3.8) is 0 Å². The van der Waals surface area contributed by atoms with E-state index in [1.54, 1.807) is 49.6 Å². The number of carbonyl (C=O) groups excluding carboxylic acids is 1. The average molecular weight is 398 g/mol. The molecule has 0 atom stereocenters. The van der Waals surface area contributed by atoms with Crippen LogP contribution in [0, 0.1) is 0 Å². The number of aryl methyl sites for hydroxylation is 1. The van der Waals surface area contributed by atoms with Crippen molar-refractivity contribution in [2.75, 3.05) is 12.4 Å². The number of benzene rings is 2. The highest BCUT2D eigenvalue weighted by Crippen LogP contribution is 2.21. The standard InChI is InChI=1S/C21H20ClN3O3/c1-3-16-12-20(27)25(21(24-16)14-5-4-6-15(22)11-14)13-19(26)23-17-7-9-18(28-2)10-8-17/h4-12H,3,13H2,1-2H3,(H,23,26). The number of amides is 1.